The molecule has 9 aromatic rings. The molecule has 4 aromatic heterocycles. The second-order valence-electron chi connectivity index (χ2n) is 21.8. The number of carbonyl (C=O) groups excluding carboxylic acids is 4. The maximum absolute atomic E-state index is 11.3. The first-order valence-electron chi connectivity index (χ1n) is 31.4. The summed E-state index contributed by atoms with van der Waals surface area (Å²) < 4.78 is 20.1. The normalized spacial score (nSPS) is 10.7. The van der Waals surface area contributed by atoms with Crippen LogP contribution in [0.2, 0.25) is 0 Å². The van der Waals surface area contributed by atoms with Crippen molar-refractivity contribution in [2.75, 3.05) is 29.3 Å². The number of ether oxygens (including phenoxy) is 1. The van der Waals surface area contributed by atoms with E-state index in [2.05, 4.69) is 150 Å². The van der Waals surface area contributed by atoms with E-state index >= 15 is 0 Å². The molecule has 0 aliphatic carbocycles. The summed E-state index contributed by atoms with van der Waals surface area (Å²) in [5.41, 5.74) is 31.2. The Bertz CT molecular complexity index is 4210. The molecule has 1 fully saturated rings. The first-order valence-corrected chi connectivity index (χ1v) is 37.5. The third-order valence-corrected chi connectivity index (χ3v) is 14.8. The number of nitrogen functional groups attached to an aromatic ring is 4. The number of aromatic nitrogens is 4. The maximum atomic E-state index is 11.3. The van der Waals surface area contributed by atoms with Crippen molar-refractivity contribution < 1.29 is 96.8 Å². The van der Waals surface area contributed by atoms with Crippen molar-refractivity contribution in [3.05, 3.63) is 267 Å². The van der Waals surface area contributed by atoms with Crippen molar-refractivity contribution >= 4 is 187 Å². The Morgan fingerprint density at radius 3 is 1.16 bits per heavy atom. The van der Waals surface area contributed by atoms with E-state index in [1.165, 1.54) is 52.3 Å². The quantitative estimate of drug-likeness (QED) is 0.00924. The Morgan fingerprint density at radius 1 is 0.545 bits per heavy atom. The average Bonchev–Trinajstić information content (AvgIpc) is 1.61. The first-order chi connectivity index (χ1) is 50.8. The number of hydrogen-bond donors (Lipinski definition) is 5. The van der Waals surface area contributed by atoms with Gasteiger partial charge in [0, 0.05) is 171 Å². The van der Waals surface area contributed by atoms with Crippen LogP contribution in [0.3, 0.4) is 0 Å². The van der Waals surface area contributed by atoms with Crippen LogP contribution in [0.1, 0.15) is 104 Å². The van der Waals surface area contributed by atoms with Gasteiger partial charge < -0.3 is 71.7 Å². The minimum absolute atomic E-state index is 0. The van der Waals surface area contributed by atoms with Gasteiger partial charge in [-0.25, -0.2) is 0 Å². The summed E-state index contributed by atoms with van der Waals surface area (Å²) in [6.45, 7) is 22.5. The van der Waals surface area contributed by atoms with Gasteiger partial charge in [-0.15, -0.1) is 21.7 Å². The third kappa shape index (κ3) is 46.5. The van der Waals surface area contributed by atoms with E-state index in [9.17, 15) is 49.5 Å². The SMILES string of the molecule is C.C.CC(=O)Cc1c(-c2ccncc2)cccc1[N+](=O)[O-].CC(=O)Cc1c(Br)cccc1[N+](=O)[O-].CC(=O)OC(C)=O.CC(I)I.CC1(C)OB(c2ccncc2)OC1(C)C.CCl.C[CH-]I.Nc1c(-c2ccncc2)cccc1[N+](=O)[O-].Nc1cccc(-c2ccncc2)c1N.Nc1ccccc1Br.O=[N+]([O-])O.[CH2-]C.[HH].[V].[V]. The molecule has 5 aromatic carbocycles. The number of nitro benzene ring substituents is 3. The number of rotatable bonds is 11. The molecule has 0 saturated carbocycles. The second kappa shape index (κ2) is 63.7. The van der Waals surface area contributed by atoms with Crippen LogP contribution in [0.15, 0.2) is 204 Å². The van der Waals surface area contributed by atoms with Gasteiger partial charge in [-0.05, 0) is 165 Å². The van der Waals surface area contributed by atoms with E-state index in [-0.39, 0.29) is 119 Å². The number of nitrogens with zero attached hydrogens (tertiary/aromatic N) is 8. The number of nitrogens with two attached hydrogens (primary N) is 4. The molecule has 2 radical (unpaired) electrons. The molecule has 608 valence electrons. The van der Waals surface area contributed by atoms with Crippen LogP contribution < -0.4 is 28.4 Å². The molecule has 10 rings (SSSR count). The number of esters is 2. The van der Waals surface area contributed by atoms with Gasteiger partial charge in [0.2, 0.25) is 0 Å². The van der Waals surface area contributed by atoms with E-state index in [0.29, 0.717) is 38.1 Å². The molecule has 0 atom stereocenters. The number of nitro groups is 3. The van der Waals surface area contributed by atoms with Crippen LogP contribution in [0.25, 0.3) is 33.4 Å². The molecule has 5 heterocycles. The van der Waals surface area contributed by atoms with Crippen molar-refractivity contribution in [1.82, 2.24) is 19.9 Å². The van der Waals surface area contributed by atoms with Crippen LogP contribution in [-0.2, 0) is 83.2 Å². The molecule has 1 aliphatic rings. The van der Waals surface area contributed by atoms with Crippen LogP contribution in [-0.4, -0.2) is 95.1 Å². The molecule has 1 saturated heterocycles. The van der Waals surface area contributed by atoms with Gasteiger partial charge >= 0.3 is 19.1 Å². The molecule has 0 spiro atoms. The molecule has 37 heteroatoms. The molecule has 9 N–H and O–H groups in total. The van der Waals surface area contributed by atoms with Crippen molar-refractivity contribution in [1.29, 1.82) is 0 Å². The van der Waals surface area contributed by atoms with E-state index < -0.39 is 31.8 Å². The number of pyridine rings is 4. The minimum Gasteiger partial charge on any atom is -0.399 e. The molecular weight excluding hydrogens is 2010 g/mol. The summed E-state index contributed by atoms with van der Waals surface area (Å²) in [7, 11) is -0.280. The van der Waals surface area contributed by atoms with E-state index in [1.807, 2.05) is 99.7 Å². The number of benzene rings is 5. The van der Waals surface area contributed by atoms with Gasteiger partial charge in [0.25, 0.3) is 22.1 Å². The second-order valence-corrected chi connectivity index (χ2v) is 30.8. The molecule has 112 heavy (non-hydrogen) atoms. The third-order valence-electron chi connectivity index (χ3n) is 13.3. The fraction of sp³-hybridized carbons (Fsp3) is 0.253. The van der Waals surface area contributed by atoms with Crippen molar-refractivity contribution in [3.63, 3.8) is 0 Å². The molecule has 0 bridgehead atoms. The van der Waals surface area contributed by atoms with Crippen molar-refractivity contribution in [2.24, 2.45) is 0 Å². The summed E-state index contributed by atoms with van der Waals surface area (Å²) in [5.74, 6) is -1.33. The average molecular weight is 2110 g/mol. The van der Waals surface area contributed by atoms with Gasteiger partial charge in [0.1, 0.15) is 17.3 Å². The Hall–Kier alpha value is -7.63. The monoisotopic (exact) mass is 2110 g/mol. The minimum atomic E-state index is -1.50. The van der Waals surface area contributed by atoms with Gasteiger partial charge in [-0.3, -0.25) is 73.9 Å². The molecule has 28 nitrogen and oxygen atoms in total. The predicted octanol–water partition coefficient (Wildman–Crippen LogP) is 19.6. The Labute approximate surface area is 743 Å². The van der Waals surface area contributed by atoms with E-state index in [1.54, 1.807) is 123 Å². The number of Topliss-reactive ketones (excluding diaryl/α,β-unsaturated/α-hetero) is 2. The van der Waals surface area contributed by atoms with Crippen molar-refractivity contribution in [2.45, 2.75) is 117 Å². The van der Waals surface area contributed by atoms with Crippen LogP contribution >= 0.6 is 111 Å². The first kappa shape index (κ1) is 115. The van der Waals surface area contributed by atoms with Gasteiger partial charge in [0.05, 0.1) is 44.8 Å². The zero-order valence-corrected chi connectivity index (χ0v) is 75.1. The number of ketones is 2. The Balaban J connectivity index is -0.000000226. The summed E-state index contributed by atoms with van der Waals surface area (Å²) in [4.78, 5) is 96.9. The largest absolute Gasteiger partial charge is 0.494 e. The Kier molecular flexibility index (Phi) is 65.6. The van der Waals surface area contributed by atoms with Crippen LogP contribution in [0.4, 0.5) is 39.8 Å². The van der Waals surface area contributed by atoms with Crippen LogP contribution in [0.5, 0.6) is 0 Å². The van der Waals surface area contributed by atoms with E-state index in [4.69, 9.17) is 47.6 Å². The van der Waals surface area contributed by atoms with Gasteiger partial charge in [0.15, 0.2) is 0 Å². The molecular formula is C75H95BBr2ClI3N12O16V2-2. The smallest absolute Gasteiger partial charge is 0.399 e. The number of alkyl halides is 3. The standard InChI is InChI=1S/C14H12N2O3.C11H16BNO2.C11H9N3O2.C11H11N3.C9H8BrNO3.C6H6BrN.C4H6O3.C2H4I2.C2H4I.C2H5.CH3Cl.2CH4.HNO3.2V.H2/c1-10(17)9-13-12(11-5-7-15-8-6-11)3-2-4-14(13)16(18)19;1-10(2)11(3,4)15-12(14-10)9-5-7-13-8-6-9;12-11-9(8-4-6-13-7-5-8)2-1-3-10(11)14(15)16;12-10-3-1-2-9(11(10)13)8-4-6-14-7-5-8;1-6(12)5-7-8(10)3-2-4-9(7)11(13)14;7-5-3-1-2-4-6(5)8;1-3(5)7-4(2)6;1-2(3)4;1-2-3;2*1-2;;;2-1(3)4;;;/h2-8H,9H2,1H3;5-8H,1-4H3;1-7H,12H2;1-7H,12-13H2;2-4H,5H2,1H3;1-4H,8H2;1-2H3;2H,1H3;2H,1H3;1H2,2H3;1H3;2*1H4;(H,2,3,4);;;1H/q;;;;;;;;2*-1;;;;;;;. The summed E-state index contributed by atoms with van der Waals surface area (Å²) in [6.07, 6.45) is 15.0. The number of hydrogen-bond acceptors (Lipinski definition) is 23. The molecule has 0 unspecified atom stereocenters. The fourth-order valence-corrected chi connectivity index (χ4v) is 8.94. The number of carbonyl (C=O) groups is 4. The Morgan fingerprint density at radius 2 is 0.830 bits per heavy atom. The molecule has 1 aliphatic heterocycles. The summed E-state index contributed by atoms with van der Waals surface area (Å²) in [5, 5.41) is 46.1. The number of anilines is 4. The fourth-order valence-electron chi connectivity index (χ4n) is 8.16. The van der Waals surface area contributed by atoms with Gasteiger partial charge in [-0.1, -0.05) is 131 Å². The predicted molar refractivity (Wildman–Crippen MR) is 475 cm³/mol. The van der Waals surface area contributed by atoms with Crippen LogP contribution in [0, 0.1) is 51.8 Å². The van der Waals surface area contributed by atoms with E-state index in [0.717, 1.165) is 39.8 Å². The summed E-state index contributed by atoms with van der Waals surface area (Å²) >= 11 is 17.9. The maximum Gasteiger partial charge on any atom is 0.494 e. The number of para-hydroxylation sites is 3. The number of halogens is 6. The molecule has 0 amide bonds. The zero-order chi connectivity index (χ0) is 82.9. The van der Waals surface area contributed by atoms with Gasteiger partial charge in [-0.2, -0.15) is 13.8 Å². The van der Waals surface area contributed by atoms with Crippen molar-refractivity contribution in [3.8, 4) is 33.4 Å². The summed E-state index contributed by atoms with van der Waals surface area (Å²) in [6, 6.07) is 42.2. The zero-order valence-electron chi connectivity index (χ0n) is 61.9. The topological polar surface area (TPSA) is 444 Å².